The Morgan fingerprint density at radius 3 is 2.39 bits per heavy atom. The smallest absolute Gasteiger partial charge is 0.0426 e. The monoisotopic (exact) mass is 358 g/mol. The Bertz CT molecular complexity index is 418. The van der Waals surface area contributed by atoms with Gasteiger partial charge in [-0.25, -0.2) is 0 Å². The fourth-order valence-electron chi connectivity index (χ4n) is 2.93. The van der Waals surface area contributed by atoms with Crippen molar-refractivity contribution in [2.24, 2.45) is 5.92 Å². The minimum Gasteiger partial charge on any atom is -0.369 e. The predicted molar refractivity (Wildman–Crippen MR) is 105 cm³/mol. The first kappa shape index (κ1) is 20.6. The summed E-state index contributed by atoms with van der Waals surface area (Å²) in [4.78, 5) is 5.05. The van der Waals surface area contributed by atoms with Gasteiger partial charge in [-0.15, -0.1) is 11.6 Å². The molecule has 1 atom stereocenters. The van der Waals surface area contributed by atoms with Crippen LogP contribution in [0.3, 0.4) is 0 Å². The van der Waals surface area contributed by atoms with E-state index in [1.54, 1.807) is 0 Å². The number of piperazine rings is 1. The van der Waals surface area contributed by atoms with Crippen molar-refractivity contribution in [3.8, 4) is 0 Å². The van der Waals surface area contributed by atoms with Crippen LogP contribution in [0.1, 0.15) is 39.5 Å². The molecule has 2 nitrogen and oxygen atoms in total. The Kier molecular flexibility index (Phi) is 10.7. The van der Waals surface area contributed by atoms with Crippen LogP contribution in [-0.4, -0.2) is 44.0 Å². The molecule has 1 aromatic carbocycles. The lowest BCUT2D eigenvalue weighted by atomic mass is 10.0. The zero-order chi connectivity index (χ0) is 17.1. The van der Waals surface area contributed by atoms with Gasteiger partial charge in [0.05, 0.1) is 0 Å². The summed E-state index contributed by atoms with van der Waals surface area (Å²) in [7, 11) is 0. The van der Waals surface area contributed by atoms with Crippen molar-refractivity contribution in [1.29, 1.82) is 0 Å². The first-order valence-corrected chi connectivity index (χ1v) is 9.93. The lowest BCUT2D eigenvalue weighted by molar-refractivity contribution is 0.250. The van der Waals surface area contributed by atoms with Crippen LogP contribution in [0.15, 0.2) is 24.3 Å². The van der Waals surface area contributed by atoms with Crippen LogP contribution in [0, 0.1) is 5.92 Å². The van der Waals surface area contributed by atoms with Gasteiger partial charge in [0.1, 0.15) is 0 Å². The lowest BCUT2D eigenvalue weighted by Gasteiger charge is -2.36. The van der Waals surface area contributed by atoms with Gasteiger partial charge >= 0.3 is 0 Å². The van der Waals surface area contributed by atoms with Gasteiger partial charge in [-0.1, -0.05) is 50.8 Å². The van der Waals surface area contributed by atoms with Crippen LogP contribution in [-0.2, 0) is 0 Å². The number of halogens is 2. The summed E-state index contributed by atoms with van der Waals surface area (Å²) in [5.41, 5.74) is 1.26. The van der Waals surface area contributed by atoms with E-state index in [1.165, 1.54) is 57.4 Å². The van der Waals surface area contributed by atoms with Crippen molar-refractivity contribution in [2.75, 3.05) is 44.0 Å². The van der Waals surface area contributed by atoms with Crippen LogP contribution in [0.5, 0.6) is 0 Å². The zero-order valence-electron chi connectivity index (χ0n) is 14.9. The molecule has 0 N–H and O–H groups in total. The van der Waals surface area contributed by atoms with Gasteiger partial charge in [0, 0.05) is 43.3 Å². The Hall–Kier alpha value is -0.440. The molecule has 0 saturated carbocycles. The summed E-state index contributed by atoms with van der Waals surface area (Å²) in [5, 5.41) is 0.833. The van der Waals surface area contributed by atoms with Gasteiger partial charge < -0.3 is 4.90 Å². The Morgan fingerprint density at radius 1 is 1.09 bits per heavy atom. The van der Waals surface area contributed by atoms with E-state index in [4.69, 9.17) is 11.6 Å². The molecule has 0 spiro atoms. The van der Waals surface area contributed by atoms with Crippen molar-refractivity contribution in [2.45, 2.75) is 39.5 Å². The molecule has 1 heterocycles. The van der Waals surface area contributed by atoms with Crippen LogP contribution in [0.4, 0.5) is 5.69 Å². The van der Waals surface area contributed by atoms with E-state index in [2.05, 4.69) is 47.4 Å². The summed E-state index contributed by atoms with van der Waals surface area (Å²) in [6.45, 7) is 10.5. The molecule has 1 aromatic rings. The van der Waals surface area contributed by atoms with Gasteiger partial charge in [-0.05, 0) is 37.1 Å². The van der Waals surface area contributed by atoms with Gasteiger partial charge in [0.25, 0.3) is 0 Å². The van der Waals surface area contributed by atoms with Gasteiger partial charge in [-0.2, -0.15) is 0 Å². The molecule has 1 aliphatic rings. The lowest BCUT2D eigenvalue weighted by Crippen LogP contribution is -2.46. The van der Waals surface area contributed by atoms with E-state index in [0.29, 0.717) is 0 Å². The second kappa shape index (κ2) is 12.0. The molecule has 132 valence electrons. The maximum absolute atomic E-state index is 6.08. The Labute approximate surface area is 152 Å². The number of rotatable bonds is 7. The molecular formula is C19H32Cl2N2. The third-order valence-electron chi connectivity index (χ3n) is 4.66. The summed E-state index contributed by atoms with van der Waals surface area (Å²) in [5.74, 6) is 0.893. The first-order chi connectivity index (χ1) is 11.2. The van der Waals surface area contributed by atoms with Crippen molar-refractivity contribution in [3.63, 3.8) is 0 Å². The molecule has 2 rings (SSSR count). The van der Waals surface area contributed by atoms with Crippen LogP contribution in [0.2, 0.25) is 5.02 Å². The number of anilines is 1. The molecular weight excluding hydrogens is 327 g/mol. The second-order valence-corrected chi connectivity index (χ2v) is 6.75. The molecule has 0 bridgehead atoms. The number of hydrogen-bond acceptors (Lipinski definition) is 2. The number of alkyl halides is 1. The van der Waals surface area contributed by atoms with Crippen molar-refractivity contribution >= 4 is 28.9 Å². The minimum atomic E-state index is 0.833. The minimum absolute atomic E-state index is 0.833. The molecule has 0 aromatic heterocycles. The Balaban J connectivity index is 0.00000127. The van der Waals surface area contributed by atoms with Crippen LogP contribution >= 0.6 is 23.2 Å². The molecule has 1 saturated heterocycles. The fourth-order valence-corrected chi connectivity index (χ4v) is 3.12. The van der Waals surface area contributed by atoms with E-state index >= 15 is 0 Å². The average Bonchev–Trinajstić information content (AvgIpc) is 2.61. The highest BCUT2D eigenvalue weighted by Gasteiger charge is 2.16. The predicted octanol–water partition coefficient (Wildman–Crippen LogP) is 5.53. The molecule has 0 aliphatic carbocycles. The van der Waals surface area contributed by atoms with E-state index in [0.717, 1.165) is 24.0 Å². The van der Waals surface area contributed by atoms with E-state index in [-0.39, 0.29) is 0 Å². The standard InChI is InChI=1S/C18H29ClN2.CH3Cl/c1-3-16(2)7-4-5-10-20-11-13-21(14-12-20)18-9-6-8-17(19)15-18;1-2/h6,8-9,15-16H,3-5,7,10-14H2,1-2H3;1H3. The first-order valence-electron chi connectivity index (χ1n) is 8.79. The van der Waals surface area contributed by atoms with Gasteiger partial charge in [0.2, 0.25) is 0 Å². The molecule has 23 heavy (non-hydrogen) atoms. The largest absolute Gasteiger partial charge is 0.369 e. The average molecular weight is 359 g/mol. The number of unbranched alkanes of at least 4 members (excludes halogenated alkanes) is 1. The van der Waals surface area contributed by atoms with Gasteiger partial charge in [-0.3, -0.25) is 4.90 Å². The maximum Gasteiger partial charge on any atom is 0.0426 e. The third-order valence-corrected chi connectivity index (χ3v) is 4.90. The summed E-state index contributed by atoms with van der Waals surface area (Å²) in [6.07, 6.45) is 6.91. The molecule has 0 amide bonds. The van der Waals surface area contributed by atoms with E-state index in [9.17, 15) is 0 Å². The second-order valence-electron chi connectivity index (χ2n) is 6.32. The SMILES string of the molecule is CCC(C)CCCCN1CCN(c2cccc(Cl)c2)CC1.CCl. The number of benzene rings is 1. The highest BCUT2D eigenvalue weighted by molar-refractivity contribution is 6.30. The quantitative estimate of drug-likeness (QED) is 0.466. The summed E-state index contributed by atoms with van der Waals surface area (Å²) < 4.78 is 0. The topological polar surface area (TPSA) is 6.48 Å². The van der Waals surface area contributed by atoms with Gasteiger partial charge in [0.15, 0.2) is 0 Å². The van der Waals surface area contributed by atoms with Crippen molar-refractivity contribution < 1.29 is 0 Å². The van der Waals surface area contributed by atoms with Crippen LogP contribution in [0.25, 0.3) is 0 Å². The van der Waals surface area contributed by atoms with E-state index in [1.807, 2.05) is 12.1 Å². The normalized spacial score (nSPS) is 16.7. The summed E-state index contributed by atoms with van der Waals surface area (Å²) in [6, 6.07) is 8.22. The molecule has 1 aliphatic heterocycles. The highest BCUT2D eigenvalue weighted by Crippen LogP contribution is 2.21. The highest BCUT2D eigenvalue weighted by atomic mass is 35.5. The van der Waals surface area contributed by atoms with Crippen LogP contribution < -0.4 is 4.90 Å². The molecule has 1 fully saturated rings. The number of nitrogens with zero attached hydrogens (tertiary/aromatic N) is 2. The van der Waals surface area contributed by atoms with Crippen molar-refractivity contribution in [3.05, 3.63) is 29.3 Å². The maximum atomic E-state index is 6.08. The molecule has 1 unspecified atom stereocenters. The fraction of sp³-hybridized carbons (Fsp3) is 0.684. The molecule has 4 heteroatoms. The number of hydrogen-bond donors (Lipinski definition) is 0. The Morgan fingerprint density at radius 2 is 1.78 bits per heavy atom. The zero-order valence-corrected chi connectivity index (χ0v) is 16.4. The summed E-state index contributed by atoms with van der Waals surface area (Å²) >= 11 is 10.7. The van der Waals surface area contributed by atoms with E-state index < -0.39 is 0 Å². The molecule has 0 radical (unpaired) electrons. The van der Waals surface area contributed by atoms with Crippen molar-refractivity contribution in [1.82, 2.24) is 4.90 Å². The third kappa shape index (κ3) is 7.78.